The molecule has 0 spiro atoms. The molecule has 1 N–H and O–H groups in total. The van der Waals surface area contributed by atoms with Crippen molar-refractivity contribution in [3.8, 4) is 0 Å². The first-order valence-corrected chi connectivity index (χ1v) is 6.88. The van der Waals surface area contributed by atoms with E-state index in [2.05, 4.69) is 48.9 Å². The van der Waals surface area contributed by atoms with Gasteiger partial charge in [-0.1, -0.05) is 6.07 Å². The van der Waals surface area contributed by atoms with Gasteiger partial charge >= 0.3 is 0 Å². The van der Waals surface area contributed by atoms with E-state index in [0.29, 0.717) is 12.1 Å². The van der Waals surface area contributed by atoms with Gasteiger partial charge in [0.05, 0.1) is 17.1 Å². The summed E-state index contributed by atoms with van der Waals surface area (Å²) in [5.41, 5.74) is 3.67. The van der Waals surface area contributed by atoms with E-state index in [-0.39, 0.29) is 0 Å². The van der Waals surface area contributed by atoms with Crippen molar-refractivity contribution in [1.29, 1.82) is 0 Å². The number of benzene rings is 1. The Hall–Kier alpha value is -1.35. The molecule has 1 saturated heterocycles. The van der Waals surface area contributed by atoms with Crippen molar-refractivity contribution in [3.05, 3.63) is 29.6 Å². The molecule has 2 aromatic rings. The molecule has 0 aliphatic carbocycles. The fourth-order valence-corrected chi connectivity index (χ4v) is 2.92. The third-order valence-electron chi connectivity index (χ3n) is 3.76. The maximum Gasteiger partial charge on any atom is 0.127 e. The molecule has 0 radical (unpaired) electrons. The fourth-order valence-electron chi connectivity index (χ4n) is 2.92. The van der Waals surface area contributed by atoms with Crippen LogP contribution >= 0.6 is 0 Å². The molecule has 0 amide bonds. The van der Waals surface area contributed by atoms with E-state index < -0.39 is 0 Å². The maximum atomic E-state index is 4.88. The Bertz CT molecular complexity index is 562. The first kappa shape index (κ1) is 11.7. The molecule has 1 aromatic heterocycles. The van der Waals surface area contributed by atoms with Gasteiger partial charge in [-0.3, -0.25) is 0 Å². The highest BCUT2D eigenvalue weighted by Crippen LogP contribution is 2.29. The second-order valence-electron chi connectivity index (χ2n) is 5.57. The van der Waals surface area contributed by atoms with Crippen LogP contribution in [-0.4, -0.2) is 16.1 Å². The summed E-state index contributed by atoms with van der Waals surface area (Å²) in [7, 11) is 0. The van der Waals surface area contributed by atoms with Crippen molar-refractivity contribution >= 4 is 11.0 Å². The Balaban J connectivity index is 2.19. The molecule has 1 unspecified atom stereocenters. The predicted octanol–water partition coefficient (Wildman–Crippen LogP) is 3.35. The van der Waals surface area contributed by atoms with Crippen molar-refractivity contribution < 1.29 is 0 Å². The van der Waals surface area contributed by atoms with Gasteiger partial charge < -0.3 is 9.88 Å². The van der Waals surface area contributed by atoms with E-state index in [1.165, 1.54) is 29.7 Å². The average Bonchev–Trinajstić information content (AvgIpc) is 2.93. The minimum absolute atomic E-state index is 0.431. The molecular formula is C15H21N3. The van der Waals surface area contributed by atoms with Crippen LogP contribution in [0.25, 0.3) is 11.0 Å². The zero-order valence-electron chi connectivity index (χ0n) is 11.4. The second-order valence-corrected chi connectivity index (χ2v) is 5.57. The fraction of sp³-hybridized carbons (Fsp3) is 0.533. The predicted molar refractivity (Wildman–Crippen MR) is 74.8 cm³/mol. The van der Waals surface area contributed by atoms with Crippen LogP contribution in [0.2, 0.25) is 0 Å². The molecule has 18 heavy (non-hydrogen) atoms. The van der Waals surface area contributed by atoms with Crippen molar-refractivity contribution in [2.75, 3.05) is 6.54 Å². The Labute approximate surface area is 108 Å². The SMILES string of the molecule is Cc1ccc2c(c1)nc(C1CCCN1)n2C(C)C. The molecule has 3 nitrogen and oxygen atoms in total. The average molecular weight is 243 g/mol. The Morgan fingerprint density at radius 1 is 1.39 bits per heavy atom. The Morgan fingerprint density at radius 2 is 2.22 bits per heavy atom. The lowest BCUT2D eigenvalue weighted by molar-refractivity contribution is 0.517. The van der Waals surface area contributed by atoms with Crippen LogP contribution < -0.4 is 5.32 Å². The van der Waals surface area contributed by atoms with Crippen LogP contribution in [0.5, 0.6) is 0 Å². The van der Waals surface area contributed by atoms with Gasteiger partial charge in [0.25, 0.3) is 0 Å². The monoisotopic (exact) mass is 243 g/mol. The topological polar surface area (TPSA) is 29.9 Å². The molecule has 0 saturated carbocycles. The number of rotatable bonds is 2. The molecular weight excluding hydrogens is 222 g/mol. The minimum Gasteiger partial charge on any atom is -0.324 e. The highest BCUT2D eigenvalue weighted by molar-refractivity contribution is 5.77. The van der Waals surface area contributed by atoms with E-state index in [9.17, 15) is 0 Å². The van der Waals surface area contributed by atoms with E-state index in [1.54, 1.807) is 0 Å². The first-order valence-electron chi connectivity index (χ1n) is 6.88. The lowest BCUT2D eigenvalue weighted by atomic mass is 10.2. The van der Waals surface area contributed by atoms with Crippen molar-refractivity contribution in [3.63, 3.8) is 0 Å². The van der Waals surface area contributed by atoms with Gasteiger partial charge in [-0.2, -0.15) is 0 Å². The number of imidazole rings is 1. The van der Waals surface area contributed by atoms with Crippen LogP contribution in [0.15, 0.2) is 18.2 Å². The highest BCUT2D eigenvalue weighted by Gasteiger charge is 2.24. The number of aryl methyl sites for hydroxylation is 1. The molecule has 1 aromatic carbocycles. The zero-order chi connectivity index (χ0) is 12.7. The normalized spacial score (nSPS) is 20.1. The number of hydrogen-bond donors (Lipinski definition) is 1. The smallest absolute Gasteiger partial charge is 0.127 e. The number of fused-ring (bicyclic) bond motifs is 1. The van der Waals surface area contributed by atoms with Crippen molar-refractivity contribution in [2.45, 2.75) is 45.7 Å². The highest BCUT2D eigenvalue weighted by atomic mass is 15.1. The summed E-state index contributed by atoms with van der Waals surface area (Å²) in [4.78, 5) is 4.88. The third-order valence-corrected chi connectivity index (χ3v) is 3.76. The maximum absolute atomic E-state index is 4.88. The second kappa shape index (κ2) is 4.39. The standard InChI is InChI=1S/C15H21N3/c1-10(2)18-14-7-6-11(3)9-13(14)17-15(18)12-5-4-8-16-12/h6-7,9-10,12,16H,4-5,8H2,1-3H3. The van der Waals surface area contributed by atoms with Gasteiger partial charge in [0, 0.05) is 6.04 Å². The summed E-state index contributed by atoms with van der Waals surface area (Å²) in [5, 5.41) is 3.56. The lowest BCUT2D eigenvalue weighted by Crippen LogP contribution is -2.19. The van der Waals surface area contributed by atoms with Gasteiger partial charge in [-0.05, 0) is 57.9 Å². The zero-order valence-corrected chi connectivity index (χ0v) is 11.4. The largest absolute Gasteiger partial charge is 0.324 e. The van der Waals surface area contributed by atoms with E-state index in [4.69, 9.17) is 4.98 Å². The molecule has 1 fully saturated rings. The van der Waals surface area contributed by atoms with Gasteiger partial charge in [0.1, 0.15) is 5.82 Å². The number of aromatic nitrogens is 2. The number of hydrogen-bond acceptors (Lipinski definition) is 2. The van der Waals surface area contributed by atoms with Crippen molar-refractivity contribution in [1.82, 2.24) is 14.9 Å². The molecule has 3 heteroatoms. The van der Waals surface area contributed by atoms with Crippen molar-refractivity contribution in [2.24, 2.45) is 0 Å². The van der Waals surface area contributed by atoms with Crippen LogP contribution in [0.1, 0.15) is 50.2 Å². The number of nitrogens with zero attached hydrogens (tertiary/aromatic N) is 2. The number of nitrogens with one attached hydrogen (secondary N) is 1. The molecule has 1 atom stereocenters. The molecule has 3 rings (SSSR count). The summed E-state index contributed by atoms with van der Waals surface area (Å²) in [6.45, 7) is 7.71. The molecule has 2 heterocycles. The Morgan fingerprint density at radius 3 is 2.89 bits per heavy atom. The molecule has 96 valence electrons. The van der Waals surface area contributed by atoms with Crippen LogP contribution in [0.4, 0.5) is 0 Å². The van der Waals surface area contributed by atoms with Crippen LogP contribution in [-0.2, 0) is 0 Å². The van der Waals surface area contributed by atoms with Crippen LogP contribution in [0, 0.1) is 6.92 Å². The summed E-state index contributed by atoms with van der Waals surface area (Å²) >= 11 is 0. The third kappa shape index (κ3) is 1.83. The minimum atomic E-state index is 0.431. The Kier molecular flexibility index (Phi) is 2.86. The van der Waals surface area contributed by atoms with Gasteiger partial charge in [0.15, 0.2) is 0 Å². The summed E-state index contributed by atoms with van der Waals surface area (Å²) in [6.07, 6.45) is 2.46. The van der Waals surface area contributed by atoms with Gasteiger partial charge in [0.2, 0.25) is 0 Å². The molecule has 1 aliphatic rings. The van der Waals surface area contributed by atoms with Crippen LogP contribution in [0.3, 0.4) is 0 Å². The van der Waals surface area contributed by atoms with E-state index in [1.807, 2.05) is 0 Å². The lowest BCUT2D eigenvalue weighted by Gasteiger charge is -2.17. The summed E-state index contributed by atoms with van der Waals surface area (Å²) in [5.74, 6) is 1.21. The summed E-state index contributed by atoms with van der Waals surface area (Å²) < 4.78 is 2.39. The quantitative estimate of drug-likeness (QED) is 0.876. The first-order chi connectivity index (χ1) is 8.66. The molecule has 1 aliphatic heterocycles. The molecule has 0 bridgehead atoms. The van der Waals surface area contributed by atoms with Gasteiger partial charge in [-0.25, -0.2) is 4.98 Å². The van der Waals surface area contributed by atoms with Gasteiger partial charge in [-0.15, -0.1) is 0 Å². The van der Waals surface area contributed by atoms with E-state index >= 15 is 0 Å². The van der Waals surface area contributed by atoms with E-state index in [0.717, 1.165) is 12.1 Å². The summed E-state index contributed by atoms with van der Waals surface area (Å²) in [6, 6.07) is 7.45.